The van der Waals surface area contributed by atoms with Crippen LogP contribution in [-0.2, 0) is 0 Å². The van der Waals surface area contributed by atoms with Crippen molar-refractivity contribution < 1.29 is 23.8 Å². The van der Waals surface area contributed by atoms with Gasteiger partial charge in [-0.25, -0.2) is 0 Å². The Morgan fingerprint density at radius 2 is 2.10 bits per heavy atom. The minimum absolute atomic E-state index is 0.122. The molecule has 2 aromatic rings. The molecule has 1 N–H and O–H groups in total. The van der Waals surface area contributed by atoms with E-state index in [2.05, 4.69) is 6.92 Å². The Morgan fingerprint density at radius 3 is 2.71 bits per heavy atom. The van der Waals surface area contributed by atoms with Gasteiger partial charge in [-0.2, -0.15) is 0 Å². The molecule has 0 aliphatic heterocycles. The Balaban J connectivity index is 2.51. The number of hydrogen-bond acceptors (Lipinski definition) is 5. The zero-order valence-electron chi connectivity index (χ0n) is 12.6. The summed E-state index contributed by atoms with van der Waals surface area (Å²) in [4.78, 5) is 11.8. The largest absolute Gasteiger partial charge is 0.504 e. The molecule has 0 unspecified atom stereocenters. The number of rotatable bonds is 7. The first-order chi connectivity index (χ1) is 10.1. The number of benzene rings is 1. The Hall–Kier alpha value is -2.17. The quantitative estimate of drug-likeness (QED) is 0.618. The monoisotopic (exact) mass is 292 g/mol. The van der Waals surface area contributed by atoms with Crippen LogP contribution in [0.2, 0.25) is 0 Å². The summed E-state index contributed by atoms with van der Waals surface area (Å²) in [5.74, 6) is 0.00548. The lowest BCUT2D eigenvalue weighted by molar-refractivity contribution is 0.101. The SMILES string of the molecule is CCCCCOc1c(O)c(C(C)=O)c(OC)c2ccoc12. The normalized spacial score (nSPS) is 10.8. The molecular formula is C16H20O5. The number of aromatic hydroxyl groups is 1. The first-order valence-corrected chi connectivity index (χ1v) is 7.05. The van der Waals surface area contributed by atoms with Gasteiger partial charge in [0, 0.05) is 0 Å². The third-order valence-electron chi connectivity index (χ3n) is 3.35. The number of phenols is 1. The molecule has 1 heterocycles. The lowest BCUT2D eigenvalue weighted by Gasteiger charge is -2.14. The summed E-state index contributed by atoms with van der Waals surface area (Å²) in [5, 5.41) is 11.0. The van der Waals surface area contributed by atoms with Crippen LogP contribution < -0.4 is 9.47 Å². The Kier molecular flexibility index (Phi) is 4.73. The van der Waals surface area contributed by atoms with Crippen molar-refractivity contribution in [1.82, 2.24) is 0 Å². The molecule has 0 aliphatic carbocycles. The van der Waals surface area contributed by atoms with Crippen LogP contribution in [0.4, 0.5) is 0 Å². The van der Waals surface area contributed by atoms with E-state index in [4.69, 9.17) is 13.9 Å². The number of Topliss-reactive ketones (excluding diaryl/α,β-unsaturated/α-hetero) is 1. The van der Waals surface area contributed by atoms with E-state index < -0.39 is 0 Å². The van der Waals surface area contributed by atoms with Gasteiger partial charge in [0.15, 0.2) is 17.1 Å². The van der Waals surface area contributed by atoms with Crippen molar-refractivity contribution in [2.45, 2.75) is 33.1 Å². The van der Waals surface area contributed by atoms with E-state index >= 15 is 0 Å². The van der Waals surface area contributed by atoms with Crippen LogP contribution in [0.1, 0.15) is 43.5 Å². The van der Waals surface area contributed by atoms with E-state index in [-0.39, 0.29) is 22.8 Å². The maximum atomic E-state index is 11.8. The molecule has 0 aliphatic rings. The number of hydrogen-bond donors (Lipinski definition) is 1. The van der Waals surface area contributed by atoms with E-state index in [1.807, 2.05) is 0 Å². The van der Waals surface area contributed by atoms with Crippen LogP contribution in [0, 0.1) is 0 Å². The molecule has 0 saturated carbocycles. The molecule has 0 saturated heterocycles. The van der Waals surface area contributed by atoms with Crippen LogP contribution in [0.5, 0.6) is 17.2 Å². The molecule has 5 heteroatoms. The van der Waals surface area contributed by atoms with E-state index in [1.54, 1.807) is 6.07 Å². The number of ether oxygens (including phenoxy) is 2. The van der Waals surface area contributed by atoms with Crippen molar-refractivity contribution >= 4 is 16.8 Å². The highest BCUT2D eigenvalue weighted by molar-refractivity contribution is 6.08. The van der Waals surface area contributed by atoms with E-state index in [1.165, 1.54) is 20.3 Å². The first kappa shape index (κ1) is 15.2. The fourth-order valence-corrected chi connectivity index (χ4v) is 2.33. The lowest BCUT2D eigenvalue weighted by atomic mass is 10.0. The summed E-state index contributed by atoms with van der Waals surface area (Å²) in [6, 6.07) is 1.69. The van der Waals surface area contributed by atoms with Gasteiger partial charge in [-0.05, 0) is 19.4 Å². The van der Waals surface area contributed by atoms with Gasteiger partial charge in [0.2, 0.25) is 5.75 Å². The number of carbonyl (C=O) groups is 1. The van der Waals surface area contributed by atoms with Crippen LogP contribution >= 0.6 is 0 Å². The maximum absolute atomic E-state index is 11.8. The molecule has 114 valence electrons. The molecule has 1 aromatic carbocycles. The van der Waals surface area contributed by atoms with Gasteiger partial charge in [-0.3, -0.25) is 4.79 Å². The number of fused-ring (bicyclic) bond motifs is 1. The summed E-state index contributed by atoms with van der Waals surface area (Å²) in [7, 11) is 1.45. The van der Waals surface area contributed by atoms with Gasteiger partial charge < -0.3 is 19.0 Å². The summed E-state index contributed by atoms with van der Waals surface area (Å²) < 4.78 is 16.3. The van der Waals surface area contributed by atoms with Crippen LogP contribution in [0.3, 0.4) is 0 Å². The standard InChI is InChI=1S/C16H20O5/c1-4-5-6-8-20-16-13(18)12(10(2)17)14(19-3)11-7-9-21-15(11)16/h7,9,18H,4-6,8H2,1-3H3. The molecule has 0 atom stereocenters. The van der Waals surface area contributed by atoms with E-state index in [0.717, 1.165) is 19.3 Å². The fraction of sp³-hybridized carbons (Fsp3) is 0.438. The summed E-state index contributed by atoms with van der Waals surface area (Å²) in [6.45, 7) is 3.94. The van der Waals surface area contributed by atoms with Crippen molar-refractivity contribution in [3.63, 3.8) is 0 Å². The molecule has 0 amide bonds. The predicted molar refractivity (Wildman–Crippen MR) is 79.5 cm³/mol. The van der Waals surface area contributed by atoms with Crippen molar-refractivity contribution in [3.05, 3.63) is 17.9 Å². The molecule has 0 spiro atoms. The van der Waals surface area contributed by atoms with Crippen LogP contribution in [-0.4, -0.2) is 24.6 Å². The number of methoxy groups -OCH3 is 1. The van der Waals surface area contributed by atoms with Crippen LogP contribution in [0.15, 0.2) is 16.7 Å². The first-order valence-electron chi connectivity index (χ1n) is 7.05. The van der Waals surface area contributed by atoms with Gasteiger partial charge in [-0.1, -0.05) is 19.8 Å². The molecule has 2 rings (SSSR count). The number of furan rings is 1. The van der Waals surface area contributed by atoms with Crippen LogP contribution in [0.25, 0.3) is 11.0 Å². The zero-order chi connectivity index (χ0) is 15.4. The van der Waals surface area contributed by atoms with Crippen molar-refractivity contribution in [2.24, 2.45) is 0 Å². The highest BCUT2D eigenvalue weighted by Crippen LogP contribution is 2.45. The topological polar surface area (TPSA) is 68.9 Å². The second-order valence-corrected chi connectivity index (χ2v) is 4.86. The van der Waals surface area contributed by atoms with Crippen molar-refractivity contribution in [2.75, 3.05) is 13.7 Å². The average Bonchev–Trinajstić information content (AvgIpc) is 2.93. The second kappa shape index (κ2) is 6.52. The molecule has 21 heavy (non-hydrogen) atoms. The predicted octanol–water partition coefficient (Wildman–Crippen LogP) is 3.92. The third-order valence-corrected chi connectivity index (χ3v) is 3.35. The van der Waals surface area contributed by atoms with E-state index in [9.17, 15) is 9.90 Å². The maximum Gasteiger partial charge on any atom is 0.205 e. The molecule has 0 fully saturated rings. The van der Waals surface area contributed by atoms with Crippen molar-refractivity contribution in [3.8, 4) is 17.2 Å². The summed E-state index contributed by atoms with van der Waals surface area (Å²) >= 11 is 0. The Bertz CT molecular complexity index is 642. The fourth-order valence-electron chi connectivity index (χ4n) is 2.33. The van der Waals surface area contributed by atoms with Gasteiger partial charge in [0.05, 0.1) is 25.4 Å². The van der Waals surface area contributed by atoms with Crippen molar-refractivity contribution in [1.29, 1.82) is 0 Å². The number of phenolic OH excluding ortho intramolecular Hbond substituents is 1. The van der Waals surface area contributed by atoms with Gasteiger partial charge >= 0.3 is 0 Å². The third kappa shape index (κ3) is 2.82. The number of unbranched alkanes of at least 4 members (excludes halogenated alkanes) is 2. The molecule has 5 nitrogen and oxygen atoms in total. The highest BCUT2D eigenvalue weighted by atomic mass is 16.5. The average molecular weight is 292 g/mol. The molecule has 1 aromatic heterocycles. The highest BCUT2D eigenvalue weighted by Gasteiger charge is 2.25. The van der Waals surface area contributed by atoms with Gasteiger partial charge in [0.1, 0.15) is 11.3 Å². The molecule has 0 bridgehead atoms. The molecular weight excluding hydrogens is 272 g/mol. The molecule has 0 radical (unpaired) electrons. The minimum Gasteiger partial charge on any atom is -0.504 e. The number of ketones is 1. The number of carbonyl (C=O) groups excluding carboxylic acids is 1. The minimum atomic E-state index is -0.286. The zero-order valence-corrected chi connectivity index (χ0v) is 12.6. The van der Waals surface area contributed by atoms with Gasteiger partial charge in [-0.15, -0.1) is 0 Å². The second-order valence-electron chi connectivity index (χ2n) is 4.86. The lowest BCUT2D eigenvalue weighted by Crippen LogP contribution is -2.03. The summed E-state index contributed by atoms with van der Waals surface area (Å²) in [5.41, 5.74) is 0.516. The van der Waals surface area contributed by atoms with Gasteiger partial charge in [0.25, 0.3) is 0 Å². The Labute approximate surface area is 123 Å². The Morgan fingerprint density at radius 1 is 1.33 bits per heavy atom. The summed E-state index contributed by atoms with van der Waals surface area (Å²) in [6.07, 6.45) is 4.47. The van der Waals surface area contributed by atoms with E-state index in [0.29, 0.717) is 23.3 Å². The smallest absolute Gasteiger partial charge is 0.205 e.